The molecule has 1 saturated heterocycles. The lowest BCUT2D eigenvalue weighted by Gasteiger charge is -2.18. The van der Waals surface area contributed by atoms with Crippen LogP contribution in [-0.2, 0) is 0 Å². The summed E-state index contributed by atoms with van der Waals surface area (Å²) in [7, 11) is 0. The van der Waals surface area contributed by atoms with Crippen molar-refractivity contribution in [3.8, 4) is 0 Å². The number of halogens is 2. The maximum Gasteiger partial charge on any atom is 0.265 e. The second-order valence-electron chi connectivity index (χ2n) is 5.57. The Morgan fingerprint density at radius 1 is 1.32 bits per heavy atom. The lowest BCUT2D eigenvalue weighted by Crippen LogP contribution is -2.19. The molecule has 0 bridgehead atoms. The SMILES string of the molecule is CC1CCN(c2ccc(NC(=O)c3cc(Br)c(Br)s3)cc2)C1. The van der Waals surface area contributed by atoms with E-state index >= 15 is 0 Å². The molecule has 1 amide bonds. The Hall–Kier alpha value is -0.850. The smallest absolute Gasteiger partial charge is 0.265 e. The molecule has 3 rings (SSSR count). The number of nitrogens with one attached hydrogen (secondary N) is 1. The molecule has 0 spiro atoms. The zero-order valence-electron chi connectivity index (χ0n) is 12.1. The van der Waals surface area contributed by atoms with E-state index in [9.17, 15) is 4.79 Å². The van der Waals surface area contributed by atoms with Gasteiger partial charge in [0.15, 0.2) is 0 Å². The quantitative estimate of drug-likeness (QED) is 0.691. The highest BCUT2D eigenvalue weighted by Gasteiger charge is 2.19. The van der Waals surface area contributed by atoms with Crippen LogP contribution in [0.4, 0.5) is 11.4 Å². The molecule has 1 aromatic heterocycles. The van der Waals surface area contributed by atoms with Crippen LogP contribution < -0.4 is 10.2 Å². The highest BCUT2D eigenvalue weighted by Crippen LogP contribution is 2.33. The van der Waals surface area contributed by atoms with E-state index in [1.807, 2.05) is 18.2 Å². The fourth-order valence-electron chi connectivity index (χ4n) is 2.58. The third-order valence-corrected chi connectivity index (χ3v) is 7.04. The molecule has 2 aromatic rings. The van der Waals surface area contributed by atoms with E-state index in [-0.39, 0.29) is 5.91 Å². The molecule has 1 aliphatic heterocycles. The number of amides is 1. The van der Waals surface area contributed by atoms with Crippen molar-refractivity contribution in [3.05, 3.63) is 43.5 Å². The molecule has 22 heavy (non-hydrogen) atoms. The van der Waals surface area contributed by atoms with E-state index in [1.165, 1.54) is 23.4 Å². The van der Waals surface area contributed by atoms with Crippen LogP contribution in [0.2, 0.25) is 0 Å². The average molecular weight is 444 g/mol. The number of carbonyl (C=O) groups is 1. The Kier molecular flexibility index (Phi) is 4.90. The number of carbonyl (C=O) groups excluding carboxylic acids is 1. The van der Waals surface area contributed by atoms with Crippen LogP contribution in [0.3, 0.4) is 0 Å². The summed E-state index contributed by atoms with van der Waals surface area (Å²) >= 11 is 8.22. The predicted molar refractivity (Wildman–Crippen MR) is 100 cm³/mol. The van der Waals surface area contributed by atoms with Gasteiger partial charge < -0.3 is 10.2 Å². The Morgan fingerprint density at radius 2 is 2.05 bits per heavy atom. The van der Waals surface area contributed by atoms with Crippen LogP contribution in [0, 0.1) is 5.92 Å². The first kappa shape index (κ1) is 16.0. The summed E-state index contributed by atoms with van der Waals surface area (Å²) < 4.78 is 1.83. The maximum atomic E-state index is 12.2. The lowest BCUT2D eigenvalue weighted by atomic mass is 10.2. The van der Waals surface area contributed by atoms with Crippen LogP contribution in [0.1, 0.15) is 23.0 Å². The Balaban J connectivity index is 1.67. The number of thiophene rings is 1. The summed E-state index contributed by atoms with van der Waals surface area (Å²) in [5.41, 5.74) is 2.05. The maximum absolute atomic E-state index is 12.2. The van der Waals surface area contributed by atoms with Gasteiger partial charge in [-0.05, 0) is 74.5 Å². The molecular weight excluding hydrogens is 428 g/mol. The Morgan fingerprint density at radius 3 is 2.59 bits per heavy atom. The van der Waals surface area contributed by atoms with Gasteiger partial charge in [0.25, 0.3) is 5.91 Å². The number of hydrogen-bond acceptors (Lipinski definition) is 3. The molecule has 1 unspecified atom stereocenters. The predicted octanol–water partition coefficient (Wildman–Crippen LogP) is 5.37. The second kappa shape index (κ2) is 6.72. The first-order chi connectivity index (χ1) is 10.5. The summed E-state index contributed by atoms with van der Waals surface area (Å²) in [6.45, 7) is 4.51. The van der Waals surface area contributed by atoms with Crippen molar-refractivity contribution in [1.82, 2.24) is 0 Å². The minimum absolute atomic E-state index is 0.0843. The zero-order chi connectivity index (χ0) is 15.7. The lowest BCUT2D eigenvalue weighted by molar-refractivity contribution is 0.103. The van der Waals surface area contributed by atoms with Gasteiger partial charge in [-0.15, -0.1) is 11.3 Å². The van der Waals surface area contributed by atoms with Crippen molar-refractivity contribution in [3.63, 3.8) is 0 Å². The van der Waals surface area contributed by atoms with Crippen molar-refractivity contribution in [1.29, 1.82) is 0 Å². The van der Waals surface area contributed by atoms with E-state index in [2.05, 4.69) is 61.1 Å². The van der Waals surface area contributed by atoms with Crippen LogP contribution in [0.15, 0.2) is 38.6 Å². The van der Waals surface area contributed by atoms with Gasteiger partial charge in [0.2, 0.25) is 0 Å². The third kappa shape index (κ3) is 3.55. The highest BCUT2D eigenvalue weighted by atomic mass is 79.9. The topological polar surface area (TPSA) is 32.3 Å². The van der Waals surface area contributed by atoms with Crippen molar-refractivity contribution in [2.24, 2.45) is 5.92 Å². The standard InChI is InChI=1S/C16H16Br2N2OS/c1-10-6-7-20(9-10)12-4-2-11(3-5-12)19-16(21)14-8-13(17)15(18)22-14/h2-5,8,10H,6-7,9H2,1H3,(H,19,21). The molecule has 6 heteroatoms. The molecule has 1 fully saturated rings. The monoisotopic (exact) mass is 442 g/mol. The first-order valence-electron chi connectivity index (χ1n) is 7.14. The van der Waals surface area contributed by atoms with Crippen LogP contribution in [-0.4, -0.2) is 19.0 Å². The normalized spacial score (nSPS) is 17.8. The van der Waals surface area contributed by atoms with Gasteiger partial charge in [-0.1, -0.05) is 6.92 Å². The largest absolute Gasteiger partial charge is 0.371 e. The molecule has 1 aromatic carbocycles. The molecule has 0 saturated carbocycles. The molecule has 0 aliphatic carbocycles. The summed E-state index contributed by atoms with van der Waals surface area (Å²) in [6.07, 6.45) is 1.25. The van der Waals surface area contributed by atoms with Gasteiger partial charge in [-0.25, -0.2) is 0 Å². The van der Waals surface area contributed by atoms with Crippen LogP contribution >= 0.6 is 43.2 Å². The first-order valence-corrected chi connectivity index (χ1v) is 9.54. The summed E-state index contributed by atoms with van der Waals surface area (Å²) in [6, 6.07) is 9.91. The van der Waals surface area contributed by atoms with Gasteiger partial charge in [-0.2, -0.15) is 0 Å². The average Bonchev–Trinajstić information content (AvgIpc) is 3.07. The van der Waals surface area contributed by atoms with Gasteiger partial charge in [0.1, 0.15) is 0 Å². The molecule has 1 aliphatic rings. The molecule has 3 nitrogen and oxygen atoms in total. The van der Waals surface area contributed by atoms with Crippen molar-refractivity contribution in [2.45, 2.75) is 13.3 Å². The number of benzene rings is 1. The molecule has 2 heterocycles. The number of nitrogens with zero attached hydrogens (tertiary/aromatic N) is 1. The van der Waals surface area contributed by atoms with Gasteiger partial charge in [0, 0.05) is 28.9 Å². The Bertz CT molecular complexity index is 664. The van der Waals surface area contributed by atoms with E-state index < -0.39 is 0 Å². The highest BCUT2D eigenvalue weighted by molar-refractivity contribution is 9.13. The number of anilines is 2. The second-order valence-corrected chi connectivity index (χ2v) is 8.80. The van der Waals surface area contributed by atoms with Crippen molar-refractivity contribution in [2.75, 3.05) is 23.3 Å². The van der Waals surface area contributed by atoms with Crippen LogP contribution in [0.5, 0.6) is 0 Å². The van der Waals surface area contributed by atoms with Crippen molar-refractivity contribution < 1.29 is 4.79 Å². The zero-order valence-corrected chi connectivity index (χ0v) is 16.1. The molecule has 1 N–H and O–H groups in total. The molecular formula is C16H16Br2N2OS. The van der Waals surface area contributed by atoms with Crippen molar-refractivity contribution >= 4 is 60.5 Å². The van der Waals surface area contributed by atoms with E-state index in [1.54, 1.807) is 0 Å². The van der Waals surface area contributed by atoms with Gasteiger partial charge in [0.05, 0.1) is 8.66 Å². The van der Waals surface area contributed by atoms with E-state index in [4.69, 9.17) is 0 Å². The number of hydrogen-bond donors (Lipinski definition) is 1. The molecule has 1 atom stereocenters. The minimum atomic E-state index is -0.0843. The fourth-order valence-corrected chi connectivity index (χ4v) is 4.51. The van der Waals surface area contributed by atoms with Crippen LogP contribution in [0.25, 0.3) is 0 Å². The Labute approximate surface area is 151 Å². The third-order valence-electron chi connectivity index (χ3n) is 3.78. The number of rotatable bonds is 3. The summed E-state index contributed by atoms with van der Waals surface area (Å²) in [5, 5.41) is 2.94. The van der Waals surface area contributed by atoms with Gasteiger partial charge >= 0.3 is 0 Å². The van der Waals surface area contributed by atoms with E-state index in [0.717, 1.165) is 33.0 Å². The fraction of sp³-hybridized carbons (Fsp3) is 0.312. The van der Waals surface area contributed by atoms with E-state index in [0.29, 0.717) is 4.88 Å². The summed E-state index contributed by atoms with van der Waals surface area (Å²) in [5.74, 6) is 0.675. The molecule has 116 valence electrons. The minimum Gasteiger partial charge on any atom is -0.371 e. The summed E-state index contributed by atoms with van der Waals surface area (Å²) in [4.78, 5) is 15.3. The molecule has 0 radical (unpaired) electrons. The van der Waals surface area contributed by atoms with Gasteiger partial charge in [-0.3, -0.25) is 4.79 Å².